The third kappa shape index (κ3) is 5.19. The minimum atomic E-state index is -0.222. The van der Waals surface area contributed by atoms with Gasteiger partial charge in [0.1, 0.15) is 23.6 Å². The molecule has 168 valence electrons. The highest BCUT2D eigenvalue weighted by Gasteiger charge is 2.21. The number of aromatic nitrogens is 2. The molecule has 7 nitrogen and oxygen atoms in total. The molecule has 0 bridgehead atoms. The van der Waals surface area contributed by atoms with Crippen LogP contribution in [0.1, 0.15) is 19.8 Å². The van der Waals surface area contributed by atoms with Gasteiger partial charge in [0.15, 0.2) is 11.6 Å². The van der Waals surface area contributed by atoms with E-state index in [2.05, 4.69) is 32.0 Å². The van der Waals surface area contributed by atoms with E-state index < -0.39 is 0 Å². The number of hydrogen-bond donors (Lipinski definition) is 2. The van der Waals surface area contributed by atoms with Gasteiger partial charge in [0.05, 0.1) is 6.61 Å². The van der Waals surface area contributed by atoms with Crippen LogP contribution in [0, 0.1) is 5.82 Å². The Morgan fingerprint density at radius 2 is 1.66 bits per heavy atom. The number of hydrogen-bond acceptors (Lipinski definition) is 7. The fourth-order valence-electron chi connectivity index (χ4n) is 3.67. The fourth-order valence-corrected chi connectivity index (χ4v) is 3.67. The van der Waals surface area contributed by atoms with Crippen LogP contribution in [0.5, 0.6) is 5.75 Å². The third-order valence-corrected chi connectivity index (χ3v) is 5.52. The average Bonchev–Trinajstić information content (AvgIpc) is 2.82. The van der Waals surface area contributed by atoms with Crippen LogP contribution < -0.4 is 25.6 Å². The Bertz CT molecular complexity index is 1000. The monoisotopic (exact) mass is 436 g/mol. The van der Waals surface area contributed by atoms with Crippen molar-refractivity contribution < 1.29 is 9.13 Å². The molecule has 0 spiro atoms. The van der Waals surface area contributed by atoms with E-state index in [1.807, 2.05) is 36.4 Å². The van der Waals surface area contributed by atoms with Crippen LogP contribution in [0.3, 0.4) is 0 Å². The maximum Gasteiger partial charge on any atom is 0.159 e. The van der Waals surface area contributed by atoms with Crippen LogP contribution in [0.15, 0.2) is 54.9 Å². The predicted octanol–water partition coefficient (Wildman–Crippen LogP) is 4.45. The van der Waals surface area contributed by atoms with Crippen molar-refractivity contribution in [3.63, 3.8) is 0 Å². The van der Waals surface area contributed by atoms with E-state index in [0.717, 1.165) is 68.6 Å². The number of halogens is 1. The lowest BCUT2D eigenvalue weighted by molar-refractivity contribution is 0.309. The molecule has 0 aliphatic carbocycles. The first-order valence-electron chi connectivity index (χ1n) is 11.0. The van der Waals surface area contributed by atoms with Crippen LogP contribution in [0.2, 0.25) is 0 Å². The Kier molecular flexibility index (Phi) is 6.89. The normalized spacial score (nSPS) is 13.8. The summed E-state index contributed by atoms with van der Waals surface area (Å²) in [6, 6.07) is 14.4. The second kappa shape index (κ2) is 10.2. The molecule has 1 aliphatic rings. The summed E-state index contributed by atoms with van der Waals surface area (Å²) < 4.78 is 18.9. The topological polar surface area (TPSA) is 79.5 Å². The molecule has 1 fully saturated rings. The molecule has 1 aliphatic heterocycles. The number of benzene rings is 2. The fraction of sp³-hybridized carbons (Fsp3) is 0.333. The Morgan fingerprint density at radius 3 is 2.34 bits per heavy atom. The zero-order valence-corrected chi connectivity index (χ0v) is 18.3. The maximum absolute atomic E-state index is 13.2. The smallest absolute Gasteiger partial charge is 0.159 e. The van der Waals surface area contributed by atoms with Gasteiger partial charge in [-0.3, -0.25) is 0 Å². The van der Waals surface area contributed by atoms with Crippen molar-refractivity contribution in [2.24, 2.45) is 0 Å². The first-order chi connectivity index (χ1) is 15.6. The van der Waals surface area contributed by atoms with Crippen molar-refractivity contribution in [3.8, 4) is 5.75 Å². The molecule has 2 heterocycles. The minimum Gasteiger partial charge on any atom is -0.494 e. The average molecular weight is 437 g/mol. The van der Waals surface area contributed by atoms with E-state index in [-0.39, 0.29) is 5.82 Å². The Morgan fingerprint density at radius 1 is 0.969 bits per heavy atom. The third-order valence-electron chi connectivity index (χ3n) is 5.52. The second-order valence-corrected chi connectivity index (χ2v) is 7.76. The van der Waals surface area contributed by atoms with Crippen LogP contribution in [-0.2, 0) is 0 Å². The highest BCUT2D eigenvalue weighted by atomic mass is 19.1. The number of rotatable bonds is 8. The molecular formula is C24H29FN6O. The van der Waals surface area contributed by atoms with Crippen molar-refractivity contribution in [2.75, 3.05) is 53.6 Å². The predicted molar refractivity (Wildman–Crippen MR) is 127 cm³/mol. The number of anilines is 5. The molecule has 0 unspecified atom stereocenters. The quantitative estimate of drug-likeness (QED) is 0.505. The molecule has 0 saturated carbocycles. The Balaban J connectivity index is 1.39. The van der Waals surface area contributed by atoms with Gasteiger partial charge >= 0.3 is 0 Å². The summed E-state index contributed by atoms with van der Waals surface area (Å²) in [6.45, 7) is 6.00. The van der Waals surface area contributed by atoms with Crippen molar-refractivity contribution >= 4 is 28.7 Å². The lowest BCUT2D eigenvalue weighted by Gasteiger charge is -2.37. The van der Waals surface area contributed by atoms with Gasteiger partial charge in [-0.15, -0.1) is 0 Å². The lowest BCUT2D eigenvalue weighted by Crippen LogP contribution is -2.47. The van der Waals surface area contributed by atoms with E-state index in [0.29, 0.717) is 11.5 Å². The number of nitrogens with zero attached hydrogens (tertiary/aromatic N) is 4. The van der Waals surface area contributed by atoms with E-state index in [1.54, 1.807) is 0 Å². The highest BCUT2D eigenvalue weighted by molar-refractivity contribution is 5.78. The van der Waals surface area contributed by atoms with Crippen LogP contribution in [-0.4, -0.2) is 42.8 Å². The standard InChI is InChI=1S/C24H29FN6O/c1-2-3-16-32-21-10-6-19(7-11-21)29-23-22(26)24(28-17-27-23)31-14-12-30(13-15-31)20-8-4-18(25)5-9-20/h4-11,17H,2-3,12-16,26H2,1H3,(H,27,28,29). The largest absolute Gasteiger partial charge is 0.494 e. The maximum atomic E-state index is 13.2. The first kappa shape index (κ1) is 21.7. The molecule has 8 heteroatoms. The number of piperazine rings is 1. The van der Waals surface area contributed by atoms with E-state index in [1.165, 1.54) is 18.5 Å². The molecule has 1 aromatic heterocycles. The summed E-state index contributed by atoms with van der Waals surface area (Å²) in [6.07, 6.45) is 3.68. The van der Waals surface area contributed by atoms with Crippen molar-refractivity contribution in [1.82, 2.24) is 9.97 Å². The second-order valence-electron chi connectivity index (χ2n) is 7.76. The highest BCUT2D eigenvalue weighted by Crippen LogP contribution is 2.30. The molecule has 3 aromatic rings. The molecule has 4 rings (SSSR count). The Hall–Kier alpha value is -3.55. The van der Waals surface area contributed by atoms with Gasteiger partial charge in [-0.1, -0.05) is 13.3 Å². The van der Waals surface area contributed by atoms with Crippen LogP contribution in [0.25, 0.3) is 0 Å². The van der Waals surface area contributed by atoms with E-state index in [9.17, 15) is 4.39 Å². The summed E-state index contributed by atoms with van der Waals surface area (Å²) >= 11 is 0. The number of unbranched alkanes of at least 4 members (excludes halogenated alkanes) is 1. The van der Waals surface area contributed by atoms with Crippen LogP contribution >= 0.6 is 0 Å². The minimum absolute atomic E-state index is 0.222. The van der Waals surface area contributed by atoms with Gasteiger partial charge in [0.2, 0.25) is 0 Å². The zero-order chi connectivity index (χ0) is 22.3. The summed E-state index contributed by atoms with van der Waals surface area (Å²) in [5, 5.41) is 3.28. The van der Waals surface area contributed by atoms with Gasteiger partial charge in [-0.05, 0) is 55.0 Å². The molecule has 0 atom stereocenters. The van der Waals surface area contributed by atoms with Crippen molar-refractivity contribution in [3.05, 3.63) is 60.7 Å². The van der Waals surface area contributed by atoms with Gasteiger partial charge in [-0.2, -0.15) is 0 Å². The SMILES string of the molecule is CCCCOc1ccc(Nc2ncnc(N3CCN(c4ccc(F)cc4)CC3)c2N)cc1. The summed E-state index contributed by atoms with van der Waals surface area (Å²) in [5.74, 6) is 1.93. The molecule has 32 heavy (non-hydrogen) atoms. The summed E-state index contributed by atoms with van der Waals surface area (Å²) in [7, 11) is 0. The lowest BCUT2D eigenvalue weighted by atomic mass is 10.2. The van der Waals surface area contributed by atoms with Crippen molar-refractivity contribution in [2.45, 2.75) is 19.8 Å². The number of ether oxygens (including phenoxy) is 1. The zero-order valence-electron chi connectivity index (χ0n) is 18.3. The molecule has 2 aromatic carbocycles. The van der Waals surface area contributed by atoms with Gasteiger partial charge in [0, 0.05) is 37.6 Å². The van der Waals surface area contributed by atoms with Crippen LogP contribution in [0.4, 0.5) is 33.1 Å². The van der Waals surface area contributed by atoms with E-state index >= 15 is 0 Å². The molecule has 0 amide bonds. The first-order valence-corrected chi connectivity index (χ1v) is 11.0. The molecule has 1 saturated heterocycles. The van der Waals surface area contributed by atoms with Gasteiger partial charge < -0.3 is 25.6 Å². The molecule has 0 radical (unpaired) electrons. The molecule has 3 N–H and O–H groups in total. The summed E-state index contributed by atoms with van der Waals surface area (Å²) in [4.78, 5) is 13.2. The number of nitrogens with one attached hydrogen (secondary N) is 1. The van der Waals surface area contributed by atoms with Gasteiger partial charge in [0.25, 0.3) is 0 Å². The number of nitrogens with two attached hydrogens (primary N) is 1. The van der Waals surface area contributed by atoms with Crippen molar-refractivity contribution in [1.29, 1.82) is 0 Å². The number of nitrogen functional groups attached to an aromatic ring is 1. The Labute approximate surface area is 188 Å². The van der Waals surface area contributed by atoms with E-state index in [4.69, 9.17) is 10.5 Å². The molecular weight excluding hydrogens is 407 g/mol. The summed E-state index contributed by atoms with van der Waals surface area (Å²) in [5.41, 5.74) is 8.85. The van der Waals surface area contributed by atoms with Gasteiger partial charge in [-0.25, -0.2) is 14.4 Å².